The molecule has 2 heteroatoms. The Morgan fingerprint density at radius 3 is 1.29 bits per heavy atom. The van der Waals surface area contributed by atoms with E-state index >= 15 is 0 Å². The average molecular weight is 224 g/mol. The molecular formula is C12H24Si2. The van der Waals surface area contributed by atoms with Crippen molar-refractivity contribution in [2.75, 3.05) is 0 Å². The highest BCUT2D eigenvalue weighted by atomic mass is 28.3. The largest absolute Gasteiger partial charge is 0.107 e. The van der Waals surface area contributed by atoms with Crippen LogP contribution in [-0.4, -0.2) is 16.1 Å². The summed E-state index contributed by atoms with van der Waals surface area (Å²) in [6.07, 6.45) is 4.68. The van der Waals surface area contributed by atoms with Crippen molar-refractivity contribution in [1.82, 2.24) is 0 Å². The SMILES string of the molecule is C=C[Si](C)(C)C/C=C/C[Si](C)(C)C=C. The molecule has 0 heterocycles. The molecule has 0 unspecified atom stereocenters. The lowest BCUT2D eigenvalue weighted by Gasteiger charge is -2.16. The highest BCUT2D eigenvalue weighted by molar-refractivity contribution is 6.83. The minimum Gasteiger partial charge on any atom is -0.107 e. The first-order chi connectivity index (χ1) is 6.33. The van der Waals surface area contributed by atoms with Gasteiger partial charge in [-0.15, -0.1) is 24.6 Å². The first-order valence-electron chi connectivity index (χ1n) is 5.25. The van der Waals surface area contributed by atoms with Gasteiger partial charge in [0.1, 0.15) is 0 Å². The lowest BCUT2D eigenvalue weighted by atomic mass is 10.6. The van der Waals surface area contributed by atoms with Crippen LogP contribution in [0.5, 0.6) is 0 Å². The van der Waals surface area contributed by atoms with Gasteiger partial charge in [-0.05, 0) is 12.1 Å². The summed E-state index contributed by atoms with van der Waals surface area (Å²) >= 11 is 0. The summed E-state index contributed by atoms with van der Waals surface area (Å²) in [6.45, 7) is 17.2. The van der Waals surface area contributed by atoms with Gasteiger partial charge in [0.2, 0.25) is 0 Å². The molecular weight excluding hydrogens is 200 g/mol. The van der Waals surface area contributed by atoms with E-state index in [1.165, 1.54) is 12.1 Å². The van der Waals surface area contributed by atoms with Crippen LogP contribution >= 0.6 is 0 Å². The van der Waals surface area contributed by atoms with E-state index < -0.39 is 16.1 Å². The third-order valence-corrected chi connectivity index (χ3v) is 7.35. The molecule has 0 spiro atoms. The fourth-order valence-corrected chi connectivity index (χ4v) is 2.82. The zero-order valence-corrected chi connectivity index (χ0v) is 12.1. The predicted molar refractivity (Wildman–Crippen MR) is 74.1 cm³/mol. The van der Waals surface area contributed by atoms with Crippen LogP contribution in [0.2, 0.25) is 38.3 Å². The van der Waals surface area contributed by atoms with E-state index in [2.05, 4.69) is 62.9 Å². The number of rotatable bonds is 6. The summed E-state index contributed by atoms with van der Waals surface area (Å²) in [7, 11) is -2.23. The molecule has 0 amide bonds. The van der Waals surface area contributed by atoms with Crippen LogP contribution < -0.4 is 0 Å². The summed E-state index contributed by atoms with van der Waals surface area (Å²) in [6, 6.07) is 2.44. The molecule has 0 aliphatic carbocycles. The Kier molecular flexibility index (Phi) is 5.38. The number of hydrogen-bond donors (Lipinski definition) is 0. The smallest absolute Gasteiger partial charge is 0.0746 e. The van der Waals surface area contributed by atoms with Crippen molar-refractivity contribution in [3.63, 3.8) is 0 Å². The maximum absolute atomic E-state index is 3.90. The lowest BCUT2D eigenvalue weighted by molar-refractivity contribution is 1.47. The summed E-state index contributed by atoms with van der Waals surface area (Å²) in [5.41, 5.74) is 4.32. The summed E-state index contributed by atoms with van der Waals surface area (Å²) in [4.78, 5) is 0. The monoisotopic (exact) mass is 224 g/mol. The second kappa shape index (κ2) is 5.51. The van der Waals surface area contributed by atoms with Crippen LogP contribution in [0.1, 0.15) is 0 Å². The van der Waals surface area contributed by atoms with E-state index in [1.54, 1.807) is 0 Å². The van der Waals surface area contributed by atoms with Crippen LogP contribution in [0.3, 0.4) is 0 Å². The molecule has 0 aromatic carbocycles. The van der Waals surface area contributed by atoms with Crippen molar-refractivity contribution in [2.45, 2.75) is 38.3 Å². The van der Waals surface area contributed by atoms with Crippen molar-refractivity contribution in [3.8, 4) is 0 Å². The van der Waals surface area contributed by atoms with Gasteiger partial charge in [-0.1, -0.05) is 38.3 Å². The minimum absolute atomic E-state index is 1.12. The zero-order valence-electron chi connectivity index (χ0n) is 10.1. The van der Waals surface area contributed by atoms with E-state index in [0.29, 0.717) is 0 Å². The van der Waals surface area contributed by atoms with Crippen LogP contribution in [0, 0.1) is 0 Å². The van der Waals surface area contributed by atoms with Gasteiger partial charge in [0, 0.05) is 0 Å². The van der Waals surface area contributed by atoms with Gasteiger partial charge in [-0.2, -0.15) is 0 Å². The summed E-state index contributed by atoms with van der Waals surface area (Å²) in [5, 5.41) is 0. The maximum Gasteiger partial charge on any atom is 0.0746 e. The van der Waals surface area contributed by atoms with Crippen molar-refractivity contribution < 1.29 is 0 Å². The second-order valence-corrected chi connectivity index (χ2v) is 14.9. The fourth-order valence-electron chi connectivity index (χ4n) is 0.941. The van der Waals surface area contributed by atoms with Crippen LogP contribution in [0.15, 0.2) is 36.7 Å². The van der Waals surface area contributed by atoms with Crippen molar-refractivity contribution >= 4 is 16.1 Å². The Morgan fingerprint density at radius 1 is 0.786 bits per heavy atom. The van der Waals surface area contributed by atoms with Crippen LogP contribution in [0.4, 0.5) is 0 Å². The standard InChI is InChI=1S/C12H24Si2/c1-7-13(3,4)11-9-10-12-14(5,6)8-2/h7-10H,1-2,11-12H2,3-6H3/b10-9+. The first-order valence-corrected chi connectivity index (χ1v) is 11.8. The molecule has 0 aromatic rings. The van der Waals surface area contributed by atoms with E-state index in [9.17, 15) is 0 Å². The van der Waals surface area contributed by atoms with Crippen molar-refractivity contribution in [2.24, 2.45) is 0 Å². The Labute approximate surface area is 91.4 Å². The van der Waals surface area contributed by atoms with Gasteiger partial charge in [0.25, 0.3) is 0 Å². The Bertz CT molecular complexity index is 200. The number of hydrogen-bond acceptors (Lipinski definition) is 0. The van der Waals surface area contributed by atoms with Gasteiger partial charge in [0.15, 0.2) is 0 Å². The van der Waals surface area contributed by atoms with E-state index in [0.717, 1.165) is 0 Å². The minimum atomic E-state index is -1.12. The summed E-state index contributed by atoms with van der Waals surface area (Å²) in [5.74, 6) is 0. The molecule has 0 saturated heterocycles. The second-order valence-electron chi connectivity index (χ2n) is 5.27. The Morgan fingerprint density at radius 2 is 1.07 bits per heavy atom. The number of allylic oxidation sites excluding steroid dienone is 2. The Balaban J connectivity index is 3.98. The fraction of sp³-hybridized carbons (Fsp3) is 0.500. The molecule has 0 atom stereocenters. The zero-order chi connectivity index (χ0) is 11.2. The molecule has 0 saturated carbocycles. The maximum atomic E-state index is 3.90. The molecule has 0 bridgehead atoms. The predicted octanol–water partition coefficient (Wildman–Crippen LogP) is 4.41. The van der Waals surface area contributed by atoms with Crippen LogP contribution in [-0.2, 0) is 0 Å². The van der Waals surface area contributed by atoms with E-state index in [-0.39, 0.29) is 0 Å². The van der Waals surface area contributed by atoms with Crippen molar-refractivity contribution in [3.05, 3.63) is 36.7 Å². The molecule has 0 fully saturated rings. The molecule has 0 rings (SSSR count). The third-order valence-electron chi connectivity index (χ3n) is 2.56. The third kappa shape index (κ3) is 6.16. The topological polar surface area (TPSA) is 0 Å². The Hall–Kier alpha value is -0.346. The molecule has 0 aromatic heterocycles. The van der Waals surface area contributed by atoms with Gasteiger partial charge < -0.3 is 0 Å². The van der Waals surface area contributed by atoms with Crippen molar-refractivity contribution in [1.29, 1.82) is 0 Å². The van der Waals surface area contributed by atoms with E-state index in [4.69, 9.17) is 0 Å². The molecule has 0 N–H and O–H groups in total. The molecule has 0 aliphatic rings. The molecule has 14 heavy (non-hydrogen) atoms. The van der Waals surface area contributed by atoms with Gasteiger partial charge in [-0.3, -0.25) is 0 Å². The molecule has 0 radical (unpaired) electrons. The van der Waals surface area contributed by atoms with E-state index in [1.807, 2.05) is 0 Å². The normalized spacial score (nSPS) is 13.1. The molecule has 80 valence electrons. The molecule has 0 aliphatic heterocycles. The van der Waals surface area contributed by atoms with Gasteiger partial charge >= 0.3 is 0 Å². The molecule has 0 nitrogen and oxygen atoms in total. The quantitative estimate of drug-likeness (QED) is 0.463. The first kappa shape index (κ1) is 13.7. The highest BCUT2D eigenvalue weighted by Crippen LogP contribution is 2.14. The lowest BCUT2D eigenvalue weighted by Crippen LogP contribution is -2.21. The highest BCUT2D eigenvalue weighted by Gasteiger charge is 2.15. The van der Waals surface area contributed by atoms with Crippen LogP contribution in [0.25, 0.3) is 0 Å². The van der Waals surface area contributed by atoms with Gasteiger partial charge in [-0.25, -0.2) is 0 Å². The average Bonchev–Trinajstić information content (AvgIpc) is 2.13. The van der Waals surface area contributed by atoms with Gasteiger partial charge in [0.05, 0.1) is 16.1 Å². The summed E-state index contributed by atoms with van der Waals surface area (Å²) < 4.78 is 0.